The Hall–Kier alpha value is -3.67. The molecule has 0 unspecified atom stereocenters. The van der Waals surface area contributed by atoms with Crippen LogP contribution < -0.4 is 9.47 Å². The summed E-state index contributed by atoms with van der Waals surface area (Å²) in [6, 6.07) is 14.5. The van der Waals surface area contributed by atoms with Crippen LogP contribution in [0.3, 0.4) is 0 Å². The second-order valence-corrected chi connectivity index (χ2v) is 5.65. The lowest BCUT2D eigenvalue weighted by atomic mass is 10.1. The Bertz CT molecular complexity index is 1000. The van der Waals surface area contributed by atoms with Gasteiger partial charge in [-0.1, -0.05) is 24.3 Å². The number of nitrogens with zero attached hydrogens (tertiary/aromatic N) is 2. The van der Waals surface area contributed by atoms with Gasteiger partial charge in [0, 0.05) is 23.4 Å². The lowest BCUT2D eigenvalue weighted by Crippen LogP contribution is -2.01. The predicted molar refractivity (Wildman–Crippen MR) is 102 cm³/mol. The first-order valence-corrected chi connectivity index (χ1v) is 8.19. The van der Waals surface area contributed by atoms with E-state index in [1.807, 2.05) is 36.4 Å². The molecular formula is C21H18N2O4. The van der Waals surface area contributed by atoms with E-state index in [0.717, 1.165) is 17.4 Å². The Morgan fingerprint density at radius 1 is 1.00 bits per heavy atom. The van der Waals surface area contributed by atoms with Gasteiger partial charge in [0.15, 0.2) is 6.29 Å². The molecular weight excluding hydrogens is 344 g/mol. The number of rotatable bonds is 7. The third-order valence-electron chi connectivity index (χ3n) is 4.05. The van der Waals surface area contributed by atoms with Gasteiger partial charge in [0.25, 0.3) is 0 Å². The number of aromatic nitrogens is 2. The van der Waals surface area contributed by atoms with Crippen molar-refractivity contribution in [3.63, 3.8) is 0 Å². The molecule has 3 rings (SSSR count). The molecule has 0 aliphatic rings. The van der Waals surface area contributed by atoms with E-state index in [4.69, 9.17) is 9.47 Å². The monoisotopic (exact) mass is 362 g/mol. The second-order valence-electron chi connectivity index (χ2n) is 5.65. The number of methoxy groups -OCH3 is 2. The fourth-order valence-corrected chi connectivity index (χ4v) is 2.74. The van der Waals surface area contributed by atoms with E-state index >= 15 is 0 Å². The van der Waals surface area contributed by atoms with E-state index in [1.54, 1.807) is 32.5 Å². The van der Waals surface area contributed by atoms with Gasteiger partial charge in [0.1, 0.15) is 23.5 Å². The van der Waals surface area contributed by atoms with Gasteiger partial charge in [-0.3, -0.25) is 9.59 Å². The van der Waals surface area contributed by atoms with E-state index in [9.17, 15) is 9.59 Å². The Labute approximate surface area is 156 Å². The fourth-order valence-electron chi connectivity index (χ4n) is 2.74. The second kappa shape index (κ2) is 8.14. The van der Waals surface area contributed by atoms with Gasteiger partial charge in [-0.2, -0.15) is 5.10 Å². The van der Waals surface area contributed by atoms with Gasteiger partial charge in [0.05, 0.1) is 25.5 Å². The Kier molecular flexibility index (Phi) is 5.47. The third-order valence-corrected chi connectivity index (χ3v) is 4.05. The third kappa shape index (κ3) is 3.79. The van der Waals surface area contributed by atoms with Gasteiger partial charge in [-0.25, -0.2) is 4.68 Å². The number of hydrogen-bond donors (Lipinski definition) is 0. The van der Waals surface area contributed by atoms with Crippen LogP contribution >= 0.6 is 0 Å². The zero-order valence-electron chi connectivity index (χ0n) is 15.0. The first-order chi connectivity index (χ1) is 13.2. The van der Waals surface area contributed by atoms with Crippen LogP contribution in [-0.2, 0) is 4.79 Å². The molecule has 1 aromatic heterocycles. The summed E-state index contributed by atoms with van der Waals surface area (Å²) in [5, 5.41) is 4.54. The molecule has 0 saturated carbocycles. The van der Waals surface area contributed by atoms with Crippen molar-refractivity contribution in [3.05, 3.63) is 71.9 Å². The largest absolute Gasteiger partial charge is 0.497 e. The highest BCUT2D eigenvalue weighted by molar-refractivity contribution is 5.88. The van der Waals surface area contributed by atoms with Crippen molar-refractivity contribution in [2.45, 2.75) is 0 Å². The number of benzene rings is 2. The molecule has 1 heterocycles. The topological polar surface area (TPSA) is 70.4 Å². The van der Waals surface area contributed by atoms with Crippen LogP contribution in [-0.4, -0.2) is 36.6 Å². The molecule has 27 heavy (non-hydrogen) atoms. The van der Waals surface area contributed by atoms with E-state index in [-0.39, 0.29) is 0 Å². The highest BCUT2D eigenvalue weighted by Gasteiger charge is 2.15. The minimum Gasteiger partial charge on any atom is -0.497 e. The molecule has 0 bridgehead atoms. The van der Waals surface area contributed by atoms with Crippen molar-refractivity contribution in [1.82, 2.24) is 9.78 Å². The summed E-state index contributed by atoms with van der Waals surface area (Å²) in [7, 11) is 3.15. The van der Waals surface area contributed by atoms with Crippen molar-refractivity contribution >= 4 is 18.3 Å². The van der Waals surface area contributed by atoms with E-state index in [1.165, 1.54) is 10.8 Å². The van der Waals surface area contributed by atoms with Crippen LogP contribution in [0.1, 0.15) is 15.9 Å². The average molecular weight is 362 g/mol. The Morgan fingerprint density at radius 2 is 1.70 bits per heavy atom. The maximum absolute atomic E-state index is 11.6. The van der Waals surface area contributed by atoms with Crippen molar-refractivity contribution in [2.24, 2.45) is 0 Å². The summed E-state index contributed by atoms with van der Waals surface area (Å²) in [5.41, 5.74) is 2.91. The van der Waals surface area contributed by atoms with Gasteiger partial charge in [0.2, 0.25) is 0 Å². The predicted octanol–water partition coefficient (Wildman–Crippen LogP) is 3.47. The maximum Gasteiger partial charge on any atom is 0.153 e. The number of ether oxygens (including phenoxy) is 2. The summed E-state index contributed by atoms with van der Waals surface area (Å²) >= 11 is 0. The maximum atomic E-state index is 11.6. The molecule has 0 N–H and O–H groups in total. The Morgan fingerprint density at radius 3 is 2.37 bits per heavy atom. The normalized spacial score (nSPS) is 11.1. The molecule has 6 nitrogen and oxygen atoms in total. The quantitative estimate of drug-likeness (QED) is 0.475. The summed E-state index contributed by atoms with van der Waals surface area (Å²) in [4.78, 5) is 22.8. The molecule has 0 radical (unpaired) electrons. The summed E-state index contributed by atoms with van der Waals surface area (Å²) in [6.07, 6.45) is 4.41. The number of carbonyl (C=O) groups excluding carboxylic acids is 2. The van der Waals surface area contributed by atoms with Gasteiger partial charge in [-0.15, -0.1) is 0 Å². The van der Waals surface area contributed by atoms with Crippen LogP contribution in [0.15, 0.2) is 60.8 Å². The average Bonchev–Trinajstić information content (AvgIpc) is 3.16. The number of carbonyl (C=O) groups is 2. The zero-order valence-corrected chi connectivity index (χ0v) is 15.0. The first kappa shape index (κ1) is 18.1. The smallest absolute Gasteiger partial charge is 0.153 e. The molecule has 2 aromatic carbocycles. The standard InChI is InChI=1S/C21H18N2O4/c1-26-18-7-3-5-15(11-18)20(9-10-24)23-13-17(14-25)21(22-23)16-6-4-8-19(12-16)27-2/h3-14H,1-2H3/b20-9+. The lowest BCUT2D eigenvalue weighted by Gasteiger charge is -2.09. The number of allylic oxidation sites excluding steroid dienone is 1. The van der Waals surface area contributed by atoms with Crippen molar-refractivity contribution in [2.75, 3.05) is 14.2 Å². The van der Waals surface area contributed by atoms with Crippen molar-refractivity contribution < 1.29 is 19.1 Å². The van der Waals surface area contributed by atoms with Crippen LogP contribution in [0.4, 0.5) is 0 Å². The molecule has 0 fully saturated rings. The van der Waals surface area contributed by atoms with E-state index in [2.05, 4.69) is 5.10 Å². The van der Waals surface area contributed by atoms with E-state index in [0.29, 0.717) is 34.7 Å². The first-order valence-electron chi connectivity index (χ1n) is 8.19. The van der Waals surface area contributed by atoms with Gasteiger partial charge >= 0.3 is 0 Å². The summed E-state index contributed by atoms with van der Waals surface area (Å²) in [6.45, 7) is 0. The van der Waals surface area contributed by atoms with Crippen LogP contribution in [0.5, 0.6) is 11.5 Å². The van der Waals surface area contributed by atoms with Crippen LogP contribution in [0.25, 0.3) is 17.0 Å². The van der Waals surface area contributed by atoms with Gasteiger partial charge in [-0.05, 0) is 24.3 Å². The number of aldehydes is 2. The zero-order chi connectivity index (χ0) is 19.2. The van der Waals surface area contributed by atoms with E-state index < -0.39 is 0 Å². The molecule has 136 valence electrons. The lowest BCUT2D eigenvalue weighted by molar-refractivity contribution is -0.104. The summed E-state index contributed by atoms with van der Waals surface area (Å²) < 4.78 is 12.0. The molecule has 0 spiro atoms. The molecule has 0 saturated heterocycles. The summed E-state index contributed by atoms with van der Waals surface area (Å²) in [5.74, 6) is 1.32. The fraction of sp³-hybridized carbons (Fsp3) is 0.0952. The minimum atomic E-state index is 0.406. The van der Waals surface area contributed by atoms with Crippen molar-refractivity contribution in [3.8, 4) is 22.8 Å². The molecule has 0 aliphatic carbocycles. The molecule has 3 aromatic rings. The molecule has 0 atom stereocenters. The number of hydrogen-bond acceptors (Lipinski definition) is 5. The molecule has 0 amide bonds. The van der Waals surface area contributed by atoms with Crippen LogP contribution in [0.2, 0.25) is 0 Å². The van der Waals surface area contributed by atoms with Crippen molar-refractivity contribution in [1.29, 1.82) is 0 Å². The highest BCUT2D eigenvalue weighted by Crippen LogP contribution is 2.28. The minimum absolute atomic E-state index is 0.406. The van der Waals surface area contributed by atoms with Gasteiger partial charge < -0.3 is 9.47 Å². The highest BCUT2D eigenvalue weighted by atomic mass is 16.5. The SMILES string of the molecule is COc1cccc(/C(=C\C=O)n2cc(C=O)c(-c3cccc(OC)c3)n2)c1. The van der Waals surface area contributed by atoms with Crippen LogP contribution in [0, 0.1) is 0 Å². The Balaban J connectivity index is 2.12. The molecule has 6 heteroatoms. The molecule has 0 aliphatic heterocycles.